The number of aliphatic hydroxyl groups is 1. The van der Waals surface area contributed by atoms with Crippen molar-refractivity contribution in [3.05, 3.63) is 23.3 Å². The van der Waals surface area contributed by atoms with E-state index in [4.69, 9.17) is 0 Å². The van der Waals surface area contributed by atoms with Gasteiger partial charge in [-0.15, -0.1) is 0 Å². The summed E-state index contributed by atoms with van der Waals surface area (Å²) in [5, 5.41) is 10.5. The van der Waals surface area contributed by atoms with Crippen molar-refractivity contribution in [2.75, 3.05) is 0 Å². The van der Waals surface area contributed by atoms with Gasteiger partial charge in [-0.1, -0.05) is 31.6 Å². The SMILES string of the molecule is CC[C@]12CCC(C)=CC1=CC[C@@H]1[C@@H]2CC[C@]2(C)C(O)CC[C@@H]12. The summed E-state index contributed by atoms with van der Waals surface area (Å²) in [6.45, 7) is 7.11. The molecular formula is C21H32O. The summed E-state index contributed by atoms with van der Waals surface area (Å²) in [5.41, 5.74) is 3.91. The fraction of sp³-hybridized carbons (Fsp3) is 0.810. The van der Waals surface area contributed by atoms with Crippen molar-refractivity contribution in [2.24, 2.45) is 28.6 Å². The van der Waals surface area contributed by atoms with Crippen LogP contribution in [0.2, 0.25) is 0 Å². The molecular weight excluding hydrogens is 268 g/mol. The predicted octanol–water partition coefficient (Wildman–Crippen LogP) is 5.26. The van der Waals surface area contributed by atoms with Crippen LogP contribution in [-0.4, -0.2) is 11.2 Å². The molecule has 0 aromatic carbocycles. The van der Waals surface area contributed by atoms with Crippen LogP contribution in [0.4, 0.5) is 0 Å². The maximum Gasteiger partial charge on any atom is 0.0596 e. The predicted molar refractivity (Wildman–Crippen MR) is 91.5 cm³/mol. The van der Waals surface area contributed by atoms with Gasteiger partial charge in [0, 0.05) is 0 Å². The number of fused-ring (bicyclic) bond motifs is 5. The smallest absolute Gasteiger partial charge is 0.0596 e. The molecule has 0 aromatic rings. The van der Waals surface area contributed by atoms with E-state index < -0.39 is 0 Å². The van der Waals surface area contributed by atoms with E-state index in [-0.39, 0.29) is 11.5 Å². The average Bonchev–Trinajstić information content (AvgIpc) is 2.82. The minimum absolute atomic E-state index is 0.0464. The third-order valence-corrected chi connectivity index (χ3v) is 8.28. The summed E-state index contributed by atoms with van der Waals surface area (Å²) in [6, 6.07) is 0. The highest BCUT2D eigenvalue weighted by atomic mass is 16.3. The molecule has 2 saturated carbocycles. The standard InChI is InChI=1S/C21H32O/c1-4-21-12-9-14(2)13-15(21)5-6-16-17-7-8-19(22)20(17,3)11-10-18(16)21/h5,13,16-19,22H,4,6-12H2,1-3H3/t16-,17-,18-,19?,20-,21-/m0/s1. The van der Waals surface area contributed by atoms with Crippen LogP contribution >= 0.6 is 0 Å². The minimum Gasteiger partial charge on any atom is -0.393 e. The number of rotatable bonds is 1. The molecule has 1 nitrogen and oxygen atoms in total. The Labute approximate surface area is 135 Å². The Kier molecular flexibility index (Phi) is 3.39. The zero-order chi connectivity index (χ0) is 15.5. The van der Waals surface area contributed by atoms with Crippen molar-refractivity contribution < 1.29 is 5.11 Å². The van der Waals surface area contributed by atoms with Crippen molar-refractivity contribution in [1.82, 2.24) is 0 Å². The normalized spacial score (nSPS) is 50.5. The Bertz CT molecular complexity index is 530. The molecule has 4 aliphatic rings. The van der Waals surface area contributed by atoms with E-state index in [2.05, 4.69) is 32.9 Å². The van der Waals surface area contributed by atoms with E-state index in [1.165, 1.54) is 44.9 Å². The van der Waals surface area contributed by atoms with E-state index in [0.717, 1.165) is 24.2 Å². The lowest BCUT2D eigenvalue weighted by molar-refractivity contribution is -0.0673. The molecule has 2 fully saturated rings. The Hall–Kier alpha value is -0.560. The first-order valence-corrected chi connectivity index (χ1v) is 9.57. The van der Waals surface area contributed by atoms with Gasteiger partial charge in [-0.05, 0) is 92.4 Å². The summed E-state index contributed by atoms with van der Waals surface area (Å²) in [4.78, 5) is 0. The average molecular weight is 300 g/mol. The Morgan fingerprint density at radius 2 is 2.00 bits per heavy atom. The second kappa shape index (κ2) is 4.97. The Balaban J connectivity index is 1.74. The molecule has 0 saturated heterocycles. The van der Waals surface area contributed by atoms with Crippen molar-refractivity contribution >= 4 is 0 Å². The van der Waals surface area contributed by atoms with Gasteiger partial charge in [0.2, 0.25) is 0 Å². The number of hydrogen-bond acceptors (Lipinski definition) is 1. The summed E-state index contributed by atoms with van der Waals surface area (Å²) < 4.78 is 0. The highest BCUT2D eigenvalue weighted by Crippen LogP contribution is 2.65. The maximum absolute atomic E-state index is 10.5. The zero-order valence-electron chi connectivity index (χ0n) is 14.6. The van der Waals surface area contributed by atoms with Crippen LogP contribution in [0.3, 0.4) is 0 Å². The Morgan fingerprint density at radius 3 is 2.77 bits per heavy atom. The molecule has 1 unspecified atom stereocenters. The van der Waals surface area contributed by atoms with Crippen molar-refractivity contribution in [2.45, 2.75) is 78.2 Å². The molecule has 122 valence electrons. The van der Waals surface area contributed by atoms with Gasteiger partial charge in [-0.3, -0.25) is 0 Å². The molecule has 0 spiro atoms. The first-order chi connectivity index (χ1) is 10.5. The van der Waals surface area contributed by atoms with Crippen LogP contribution in [0.25, 0.3) is 0 Å². The van der Waals surface area contributed by atoms with Crippen LogP contribution in [-0.2, 0) is 0 Å². The molecule has 0 bridgehead atoms. The molecule has 0 amide bonds. The lowest BCUT2D eigenvalue weighted by Crippen LogP contribution is -2.50. The molecule has 1 heteroatoms. The van der Waals surface area contributed by atoms with Crippen LogP contribution in [0.1, 0.15) is 72.1 Å². The van der Waals surface area contributed by atoms with E-state index in [1.807, 2.05) is 0 Å². The topological polar surface area (TPSA) is 20.2 Å². The first kappa shape index (κ1) is 15.0. The van der Waals surface area contributed by atoms with Gasteiger partial charge in [-0.25, -0.2) is 0 Å². The van der Waals surface area contributed by atoms with Crippen LogP contribution in [0, 0.1) is 28.6 Å². The summed E-state index contributed by atoms with van der Waals surface area (Å²) in [5.74, 6) is 2.45. The summed E-state index contributed by atoms with van der Waals surface area (Å²) in [7, 11) is 0. The second-order valence-electron chi connectivity index (χ2n) is 8.91. The molecule has 1 N–H and O–H groups in total. The number of hydrogen-bond donors (Lipinski definition) is 1. The lowest BCUT2D eigenvalue weighted by Gasteiger charge is -2.57. The molecule has 6 atom stereocenters. The van der Waals surface area contributed by atoms with Gasteiger partial charge in [-0.2, -0.15) is 0 Å². The fourth-order valence-corrected chi connectivity index (χ4v) is 6.89. The third kappa shape index (κ3) is 1.81. The lowest BCUT2D eigenvalue weighted by atomic mass is 9.47. The van der Waals surface area contributed by atoms with E-state index in [1.54, 1.807) is 11.1 Å². The maximum atomic E-state index is 10.5. The van der Waals surface area contributed by atoms with Crippen LogP contribution in [0.5, 0.6) is 0 Å². The van der Waals surface area contributed by atoms with Gasteiger partial charge in [0.1, 0.15) is 0 Å². The first-order valence-electron chi connectivity index (χ1n) is 9.57. The molecule has 0 radical (unpaired) electrons. The van der Waals surface area contributed by atoms with Gasteiger partial charge < -0.3 is 5.11 Å². The van der Waals surface area contributed by atoms with E-state index in [0.29, 0.717) is 5.41 Å². The molecule has 0 aromatic heterocycles. The van der Waals surface area contributed by atoms with E-state index in [9.17, 15) is 5.11 Å². The van der Waals surface area contributed by atoms with Crippen molar-refractivity contribution in [3.8, 4) is 0 Å². The molecule has 4 aliphatic carbocycles. The van der Waals surface area contributed by atoms with Crippen LogP contribution in [0.15, 0.2) is 23.3 Å². The highest BCUT2D eigenvalue weighted by Gasteiger charge is 2.58. The van der Waals surface area contributed by atoms with Gasteiger partial charge >= 0.3 is 0 Å². The highest BCUT2D eigenvalue weighted by molar-refractivity contribution is 5.37. The zero-order valence-corrected chi connectivity index (χ0v) is 14.6. The second-order valence-corrected chi connectivity index (χ2v) is 8.91. The molecule has 0 heterocycles. The summed E-state index contributed by atoms with van der Waals surface area (Å²) in [6.07, 6.45) is 15.2. The molecule has 0 aliphatic heterocycles. The quantitative estimate of drug-likeness (QED) is 0.700. The largest absolute Gasteiger partial charge is 0.393 e. The Morgan fingerprint density at radius 1 is 1.18 bits per heavy atom. The van der Waals surface area contributed by atoms with Crippen LogP contribution < -0.4 is 0 Å². The van der Waals surface area contributed by atoms with Gasteiger partial charge in [0.15, 0.2) is 0 Å². The number of aliphatic hydroxyl groups excluding tert-OH is 1. The fourth-order valence-electron chi connectivity index (χ4n) is 6.89. The monoisotopic (exact) mass is 300 g/mol. The van der Waals surface area contributed by atoms with Crippen molar-refractivity contribution in [3.63, 3.8) is 0 Å². The van der Waals surface area contributed by atoms with Gasteiger partial charge in [0.05, 0.1) is 6.10 Å². The summed E-state index contributed by atoms with van der Waals surface area (Å²) >= 11 is 0. The van der Waals surface area contributed by atoms with Gasteiger partial charge in [0.25, 0.3) is 0 Å². The molecule has 4 rings (SSSR count). The third-order valence-electron chi connectivity index (χ3n) is 8.28. The van der Waals surface area contributed by atoms with E-state index >= 15 is 0 Å². The van der Waals surface area contributed by atoms with Crippen molar-refractivity contribution in [1.29, 1.82) is 0 Å². The molecule has 22 heavy (non-hydrogen) atoms. The minimum atomic E-state index is -0.0464. The number of allylic oxidation sites excluding steroid dienone is 4.